The van der Waals surface area contributed by atoms with E-state index in [2.05, 4.69) is 5.32 Å². The van der Waals surface area contributed by atoms with Gasteiger partial charge in [-0.05, 0) is 110 Å². The number of thiazole rings is 1. The van der Waals surface area contributed by atoms with Crippen LogP contribution in [-0.4, -0.2) is 64.9 Å². The van der Waals surface area contributed by atoms with E-state index >= 15 is 0 Å². The van der Waals surface area contributed by atoms with Crippen LogP contribution >= 0.6 is 11.3 Å². The van der Waals surface area contributed by atoms with Crippen LogP contribution in [0.1, 0.15) is 131 Å². The molecule has 0 spiro atoms. The zero-order valence-electron chi connectivity index (χ0n) is 31.6. The molecule has 1 fully saturated rings. The topological polar surface area (TPSA) is 145 Å². The molecule has 0 bridgehead atoms. The molecule has 3 N–H and O–H groups in total. The first-order chi connectivity index (χ1) is 21.3. The van der Waals surface area contributed by atoms with Crippen LogP contribution in [0, 0.1) is 0 Å². The molecule has 1 unspecified atom stereocenters. The Morgan fingerprint density at radius 3 is 2.25 bits per heavy atom. The molecule has 1 atom stereocenters. The van der Waals surface area contributed by atoms with Gasteiger partial charge in [-0.1, -0.05) is 33.1 Å². The monoisotopic (exact) mass is 717 g/mol. The van der Waals surface area contributed by atoms with Crippen LogP contribution in [0.25, 0.3) is 10.4 Å². The summed E-state index contributed by atoms with van der Waals surface area (Å²) in [5, 5.41) is 18.3. The van der Waals surface area contributed by atoms with Crippen LogP contribution < -0.4 is 66.5 Å². The Labute approximate surface area is 335 Å². The number of carbonyl (C=O) groups excluding carboxylic acids is 2. The fourth-order valence-electron chi connectivity index (χ4n) is 5.21. The minimum Gasteiger partial charge on any atom is -0.835 e. The quantitative estimate of drug-likeness (QED) is 0.209. The van der Waals surface area contributed by atoms with Crippen molar-refractivity contribution in [2.75, 3.05) is 20.2 Å². The van der Waals surface area contributed by atoms with E-state index in [-0.39, 0.29) is 81.1 Å². The third-order valence-corrected chi connectivity index (χ3v) is 8.28. The molecule has 48 heavy (non-hydrogen) atoms. The van der Waals surface area contributed by atoms with Crippen LogP contribution in [0.5, 0.6) is 5.75 Å². The van der Waals surface area contributed by atoms with Crippen LogP contribution in [0.4, 0.5) is 4.79 Å². The molecule has 0 saturated heterocycles. The smallest absolute Gasteiger partial charge is 0.835 e. The van der Waals surface area contributed by atoms with Gasteiger partial charge in [0.2, 0.25) is 0 Å². The fourth-order valence-corrected chi connectivity index (χ4v) is 6.34. The molecule has 1 heterocycles. The van der Waals surface area contributed by atoms with Crippen molar-refractivity contribution in [2.45, 2.75) is 143 Å². The second kappa shape index (κ2) is 21.3. The first-order valence-corrected chi connectivity index (χ1v) is 17.5. The Hall–Kier alpha value is -1.09. The molecule has 1 saturated carbocycles. The van der Waals surface area contributed by atoms with Gasteiger partial charge in [-0.3, -0.25) is 4.79 Å². The van der Waals surface area contributed by atoms with Crippen LogP contribution in [-0.2, 0) is 20.0 Å². The maximum atomic E-state index is 13.9. The van der Waals surface area contributed by atoms with E-state index in [1.165, 1.54) is 42.0 Å². The van der Waals surface area contributed by atoms with Crippen molar-refractivity contribution in [3.05, 3.63) is 35.0 Å². The Kier molecular flexibility index (Phi) is 20.8. The SMILES string of the molecule is CCCC(=O)OC(C)C.CN(CCOc1ccc(-c2cnc(C3CCCCC3)s2)c(C(C)([O-])NC(C)(C)C)c1)C(=O)OC(C)(C)C.O.[K+]. The minimum absolute atomic E-state index is 0. The molecular formula is C36H60KN3O7S. The number of aromatic nitrogens is 1. The summed E-state index contributed by atoms with van der Waals surface area (Å²) in [7, 11) is 1.68. The van der Waals surface area contributed by atoms with Crippen LogP contribution in [0.3, 0.4) is 0 Å². The number of carbonyl (C=O) groups is 2. The number of esters is 1. The molecule has 268 valence electrons. The predicted molar refractivity (Wildman–Crippen MR) is 188 cm³/mol. The summed E-state index contributed by atoms with van der Waals surface area (Å²) < 4.78 is 16.2. The Balaban J connectivity index is 0.00000176. The summed E-state index contributed by atoms with van der Waals surface area (Å²) in [5.74, 6) is 1.02. The van der Waals surface area contributed by atoms with Gasteiger partial charge in [0.15, 0.2) is 0 Å². The Bertz CT molecular complexity index is 1250. The maximum absolute atomic E-state index is 13.9. The molecule has 1 aliphatic carbocycles. The molecule has 0 aliphatic heterocycles. The fraction of sp³-hybridized carbons (Fsp3) is 0.694. The first kappa shape index (κ1) is 46.9. The molecule has 10 nitrogen and oxygen atoms in total. The molecule has 2 aromatic rings. The Morgan fingerprint density at radius 1 is 1.08 bits per heavy atom. The predicted octanol–water partition coefficient (Wildman–Crippen LogP) is 3.94. The van der Waals surface area contributed by atoms with Gasteiger partial charge in [-0.15, -0.1) is 11.3 Å². The Morgan fingerprint density at radius 2 is 1.71 bits per heavy atom. The van der Waals surface area contributed by atoms with Crippen LogP contribution in [0.15, 0.2) is 24.4 Å². The van der Waals surface area contributed by atoms with E-state index < -0.39 is 17.4 Å². The molecule has 3 rings (SSSR count). The number of nitrogens with zero attached hydrogens (tertiary/aromatic N) is 2. The standard InChI is InChI=1S/C29H44N3O4S.C7H14O2.K.H2O/c1-27(2,3)31-29(7,34)23-18-21(35-17-16-32(8)26(33)36-28(4,5)6)14-15-22(23)24-19-30-25(37-24)20-12-10-9-11-13-20;1-4-5-7(8)9-6(2)3;;/h14-15,18-20,31H,9-13,16-17H2,1-8H3;6H,4-5H2,1-3H3;;1H2/q-1;;+1;. The molecule has 12 heteroatoms. The zero-order chi connectivity index (χ0) is 34.7. The summed E-state index contributed by atoms with van der Waals surface area (Å²) in [4.78, 5) is 30.1. The molecule has 1 aliphatic rings. The van der Waals surface area contributed by atoms with Crippen molar-refractivity contribution in [3.63, 3.8) is 0 Å². The normalized spacial score (nSPS) is 14.8. The van der Waals surface area contributed by atoms with Crippen molar-refractivity contribution in [1.82, 2.24) is 15.2 Å². The third-order valence-electron chi connectivity index (χ3n) is 7.08. The zero-order valence-corrected chi connectivity index (χ0v) is 35.5. The number of ether oxygens (including phenoxy) is 3. The molecule has 0 radical (unpaired) electrons. The average Bonchev–Trinajstić information content (AvgIpc) is 3.42. The first-order valence-electron chi connectivity index (χ1n) is 16.7. The minimum atomic E-state index is -1.55. The van der Waals surface area contributed by atoms with Gasteiger partial charge in [-0.25, -0.2) is 9.78 Å². The second-order valence-electron chi connectivity index (χ2n) is 14.6. The van der Waals surface area contributed by atoms with E-state index in [1.807, 2.05) is 86.7 Å². The van der Waals surface area contributed by atoms with Crippen LogP contribution in [0.2, 0.25) is 0 Å². The number of nitrogens with one attached hydrogen (secondary N) is 1. The number of hydrogen-bond acceptors (Lipinski definition) is 9. The van der Waals surface area contributed by atoms with Gasteiger partial charge < -0.3 is 35.0 Å². The summed E-state index contributed by atoms with van der Waals surface area (Å²) in [5.41, 5.74) is -0.966. The number of hydrogen-bond donors (Lipinski definition) is 1. The average molecular weight is 718 g/mol. The van der Waals surface area contributed by atoms with E-state index in [0.717, 1.165) is 16.9 Å². The largest absolute Gasteiger partial charge is 1.00 e. The summed E-state index contributed by atoms with van der Waals surface area (Å²) in [6.45, 7) is 19.5. The van der Waals surface area contributed by atoms with Crippen molar-refractivity contribution < 1.29 is 85.8 Å². The number of benzene rings is 1. The molecule has 1 amide bonds. The van der Waals surface area contributed by atoms with Crippen molar-refractivity contribution in [3.8, 4) is 16.2 Å². The molecule has 1 aromatic carbocycles. The number of amides is 1. The van der Waals surface area contributed by atoms with Gasteiger partial charge in [0.1, 0.15) is 18.0 Å². The van der Waals surface area contributed by atoms with Gasteiger partial charge in [0.05, 0.1) is 22.5 Å². The van der Waals surface area contributed by atoms with E-state index in [1.54, 1.807) is 25.3 Å². The third kappa shape index (κ3) is 17.2. The summed E-state index contributed by atoms with van der Waals surface area (Å²) in [6.07, 6.45) is 9.16. The van der Waals surface area contributed by atoms with Gasteiger partial charge in [-0.2, -0.15) is 0 Å². The van der Waals surface area contributed by atoms with Gasteiger partial charge in [0.25, 0.3) is 0 Å². The summed E-state index contributed by atoms with van der Waals surface area (Å²) in [6, 6.07) is 5.68. The van der Waals surface area contributed by atoms with Gasteiger partial charge >= 0.3 is 63.4 Å². The van der Waals surface area contributed by atoms with E-state index in [0.29, 0.717) is 30.2 Å². The molecular weight excluding hydrogens is 658 g/mol. The van der Waals surface area contributed by atoms with Crippen molar-refractivity contribution in [1.29, 1.82) is 0 Å². The molecule has 1 aromatic heterocycles. The summed E-state index contributed by atoms with van der Waals surface area (Å²) >= 11 is 1.70. The van der Waals surface area contributed by atoms with Crippen molar-refractivity contribution >= 4 is 23.4 Å². The number of rotatable bonds is 11. The van der Waals surface area contributed by atoms with Crippen molar-refractivity contribution in [2.24, 2.45) is 0 Å². The second-order valence-corrected chi connectivity index (χ2v) is 15.6. The maximum Gasteiger partial charge on any atom is 1.00 e. The van der Waals surface area contributed by atoms with E-state index in [4.69, 9.17) is 19.2 Å². The van der Waals surface area contributed by atoms with Gasteiger partial charge in [0, 0.05) is 31.1 Å². The number of likely N-dealkylation sites (N-methyl/N-ethyl adjacent to an activating group) is 1. The van der Waals surface area contributed by atoms with E-state index in [9.17, 15) is 14.7 Å².